The number of amides is 1. The lowest BCUT2D eigenvalue weighted by Gasteiger charge is -2.27. The molecule has 0 bridgehead atoms. The molecule has 1 N–H and O–H groups in total. The number of rotatable bonds is 3. The molecule has 1 fully saturated rings. The van der Waals surface area contributed by atoms with Gasteiger partial charge in [0.05, 0.1) is 13.2 Å². The van der Waals surface area contributed by atoms with Crippen LogP contribution in [0.15, 0.2) is 0 Å². The first-order chi connectivity index (χ1) is 7.88. The highest BCUT2D eigenvalue weighted by atomic mass is 16.5. The Hall–Kier alpha value is -1.10. The maximum absolute atomic E-state index is 12.2. The van der Waals surface area contributed by atoms with Crippen molar-refractivity contribution in [3.05, 3.63) is 0 Å². The predicted molar refractivity (Wildman–Crippen MR) is 62.1 cm³/mol. The lowest BCUT2D eigenvalue weighted by molar-refractivity contribution is -0.152. The summed E-state index contributed by atoms with van der Waals surface area (Å²) in [5.74, 6) is -0.496. The van der Waals surface area contributed by atoms with Crippen LogP contribution < -0.4 is 0 Å². The predicted octanol–water partition coefficient (Wildman–Crippen LogP) is 0.413. The highest BCUT2D eigenvalue weighted by molar-refractivity contribution is 5.86. The van der Waals surface area contributed by atoms with Crippen LogP contribution in [0.5, 0.6) is 0 Å². The zero-order valence-electron chi connectivity index (χ0n) is 10.8. The minimum Gasteiger partial charge on any atom is -0.467 e. The van der Waals surface area contributed by atoms with Crippen molar-refractivity contribution in [2.75, 3.05) is 13.7 Å². The van der Waals surface area contributed by atoms with E-state index in [1.54, 1.807) is 0 Å². The molecule has 1 amide bonds. The third kappa shape index (κ3) is 2.97. The molecule has 1 rings (SSSR count). The molecule has 5 heteroatoms. The molecule has 0 radical (unpaired) electrons. The first-order valence-electron chi connectivity index (χ1n) is 5.94. The van der Waals surface area contributed by atoms with Crippen molar-refractivity contribution < 1.29 is 19.4 Å². The summed E-state index contributed by atoms with van der Waals surface area (Å²) in [5.41, 5.74) is 0. The largest absolute Gasteiger partial charge is 0.467 e. The van der Waals surface area contributed by atoms with Gasteiger partial charge in [0.2, 0.25) is 5.91 Å². The van der Waals surface area contributed by atoms with Gasteiger partial charge in [-0.2, -0.15) is 0 Å². The van der Waals surface area contributed by atoms with Gasteiger partial charge < -0.3 is 14.7 Å². The molecule has 0 saturated carbocycles. The fourth-order valence-electron chi connectivity index (χ4n) is 1.96. The van der Waals surface area contributed by atoms with Crippen molar-refractivity contribution in [3.8, 4) is 0 Å². The Kier molecular flexibility index (Phi) is 4.51. The van der Waals surface area contributed by atoms with E-state index in [2.05, 4.69) is 4.74 Å². The summed E-state index contributed by atoms with van der Waals surface area (Å²) in [7, 11) is 1.29. The van der Waals surface area contributed by atoms with Gasteiger partial charge in [-0.25, -0.2) is 4.79 Å². The van der Waals surface area contributed by atoms with Crippen LogP contribution >= 0.6 is 0 Å². The summed E-state index contributed by atoms with van der Waals surface area (Å²) < 4.78 is 4.66. The van der Waals surface area contributed by atoms with Gasteiger partial charge in [-0.3, -0.25) is 4.79 Å². The number of hydrogen-bond acceptors (Lipinski definition) is 4. The summed E-state index contributed by atoms with van der Waals surface area (Å²) in [4.78, 5) is 25.2. The van der Waals surface area contributed by atoms with E-state index in [-0.39, 0.29) is 30.7 Å². The molecule has 0 unspecified atom stereocenters. The Labute approximate surface area is 102 Å². The van der Waals surface area contributed by atoms with Crippen LogP contribution in [0.1, 0.15) is 27.2 Å². The quantitative estimate of drug-likeness (QED) is 0.729. The molecule has 0 aliphatic carbocycles. The van der Waals surface area contributed by atoms with Gasteiger partial charge in [-0.05, 0) is 5.92 Å². The van der Waals surface area contributed by atoms with Crippen LogP contribution in [0, 0.1) is 11.8 Å². The Morgan fingerprint density at radius 2 is 1.94 bits per heavy atom. The molecule has 0 aromatic carbocycles. The highest BCUT2D eigenvalue weighted by Crippen LogP contribution is 2.23. The molecule has 1 aliphatic heterocycles. The van der Waals surface area contributed by atoms with Crippen molar-refractivity contribution in [3.63, 3.8) is 0 Å². The average molecular weight is 243 g/mol. The number of aliphatic hydroxyl groups excluding tert-OH is 1. The fraction of sp³-hybridized carbons (Fsp3) is 0.833. The average Bonchev–Trinajstić information content (AvgIpc) is 2.68. The summed E-state index contributed by atoms with van der Waals surface area (Å²) in [6.45, 7) is 5.98. The van der Waals surface area contributed by atoms with E-state index in [4.69, 9.17) is 0 Å². The van der Waals surface area contributed by atoms with Gasteiger partial charge in [0.1, 0.15) is 6.04 Å². The summed E-state index contributed by atoms with van der Waals surface area (Å²) in [6, 6.07) is -0.635. The second-order valence-electron chi connectivity index (χ2n) is 4.95. The SMILES string of the molecule is COC(=O)[C@@H]1C[C@@H](O)CN1C(=O)[C@@H](C)C(C)C. The van der Waals surface area contributed by atoms with Gasteiger partial charge >= 0.3 is 5.97 Å². The number of β-amino-alcohol motifs (C(OH)–C–C–N with tert-alkyl or cyclic N) is 1. The molecule has 3 atom stereocenters. The molecule has 1 saturated heterocycles. The third-order valence-electron chi connectivity index (χ3n) is 3.42. The van der Waals surface area contributed by atoms with Gasteiger partial charge in [-0.1, -0.05) is 20.8 Å². The lowest BCUT2D eigenvalue weighted by atomic mass is 9.96. The van der Waals surface area contributed by atoms with Crippen LogP contribution in [0.25, 0.3) is 0 Å². The second kappa shape index (κ2) is 5.49. The van der Waals surface area contributed by atoms with Gasteiger partial charge in [0, 0.05) is 18.9 Å². The molecule has 5 nitrogen and oxygen atoms in total. The number of nitrogens with zero attached hydrogens (tertiary/aromatic N) is 1. The number of likely N-dealkylation sites (tertiary alicyclic amines) is 1. The van der Waals surface area contributed by atoms with Gasteiger partial charge in [-0.15, -0.1) is 0 Å². The summed E-state index contributed by atoms with van der Waals surface area (Å²) in [6.07, 6.45) is -0.370. The van der Waals surface area contributed by atoms with E-state index in [1.165, 1.54) is 12.0 Å². The zero-order chi connectivity index (χ0) is 13.2. The third-order valence-corrected chi connectivity index (χ3v) is 3.42. The maximum Gasteiger partial charge on any atom is 0.328 e. The Morgan fingerprint density at radius 1 is 1.35 bits per heavy atom. The summed E-state index contributed by atoms with van der Waals surface area (Å²) >= 11 is 0. The molecule has 0 spiro atoms. The lowest BCUT2D eigenvalue weighted by Crippen LogP contribution is -2.44. The number of aliphatic hydroxyl groups is 1. The topological polar surface area (TPSA) is 66.8 Å². The smallest absolute Gasteiger partial charge is 0.328 e. The van der Waals surface area contributed by atoms with Crippen LogP contribution in [-0.2, 0) is 14.3 Å². The van der Waals surface area contributed by atoms with Crippen molar-refractivity contribution in [2.24, 2.45) is 11.8 Å². The number of carbonyl (C=O) groups excluding carboxylic acids is 2. The van der Waals surface area contributed by atoms with Crippen LogP contribution in [-0.4, -0.2) is 47.7 Å². The minimum atomic E-state index is -0.637. The Morgan fingerprint density at radius 3 is 2.41 bits per heavy atom. The van der Waals surface area contributed by atoms with Crippen LogP contribution in [0.2, 0.25) is 0 Å². The molecular weight excluding hydrogens is 222 g/mol. The van der Waals surface area contributed by atoms with E-state index in [0.29, 0.717) is 0 Å². The van der Waals surface area contributed by atoms with E-state index in [0.717, 1.165) is 0 Å². The van der Waals surface area contributed by atoms with Crippen LogP contribution in [0.4, 0.5) is 0 Å². The second-order valence-corrected chi connectivity index (χ2v) is 4.95. The molecule has 0 aromatic heterocycles. The molecule has 1 heterocycles. The zero-order valence-corrected chi connectivity index (χ0v) is 10.8. The van der Waals surface area contributed by atoms with E-state index in [1.807, 2.05) is 20.8 Å². The summed E-state index contributed by atoms with van der Waals surface area (Å²) in [5, 5.41) is 9.58. The number of methoxy groups -OCH3 is 1. The van der Waals surface area contributed by atoms with E-state index >= 15 is 0 Å². The number of esters is 1. The van der Waals surface area contributed by atoms with E-state index < -0.39 is 18.1 Å². The number of hydrogen-bond donors (Lipinski definition) is 1. The fourth-order valence-corrected chi connectivity index (χ4v) is 1.96. The molecule has 1 aliphatic rings. The van der Waals surface area contributed by atoms with Gasteiger partial charge in [0.25, 0.3) is 0 Å². The van der Waals surface area contributed by atoms with Crippen molar-refractivity contribution in [1.29, 1.82) is 0 Å². The highest BCUT2D eigenvalue weighted by Gasteiger charge is 2.41. The molecule has 0 aromatic rings. The first kappa shape index (κ1) is 14.0. The molecule has 17 heavy (non-hydrogen) atoms. The molecular formula is C12H21NO4. The number of carbonyl (C=O) groups is 2. The maximum atomic E-state index is 12.2. The van der Waals surface area contributed by atoms with Crippen molar-refractivity contribution >= 4 is 11.9 Å². The minimum absolute atomic E-state index is 0.0908. The molecule has 98 valence electrons. The van der Waals surface area contributed by atoms with Crippen molar-refractivity contribution in [2.45, 2.75) is 39.3 Å². The van der Waals surface area contributed by atoms with Crippen molar-refractivity contribution in [1.82, 2.24) is 4.90 Å². The van der Waals surface area contributed by atoms with E-state index in [9.17, 15) is 14.7 Å². The Bertz CT molecular complexity index is 303. The van der Waals surface area contributed by atoms with Gasteiger partial charge in [0.15, 0.2) is 0 Å². The van der Waals surface area contributed by atoms with Crippen LogP contribution in [0.3, 0.4) is 0 Å². The standard InChI is InChI=1S/C12H21NO4/c1-7(2)8(3)11(15)13-6-9(14)5-10(13)12(16)17-4/h7-10,14H,5-6H2,1-4H3/t8-,9+,10-/m0/s1. The first-order valence-corrected chi connectivity index (χ1v) is 5.94. The monoisotopic (exact) mass is 243 g/mol. The Balaban J connectivity index is 2.80. The number of ether oxygens (including phenoxy) is 1. The normalized spacial score (nSPS) is 26.1.